The van der Waals surface area contributed by atoms with E-state index in [9.17, 15) is 9.59 Å². The molecule has 0 aliphatic heterocycles. The van der Waals surface area contributed by atoms with Crippen LogP contribution in [0.2, 0.25) is 0 Å². The SMILES string of the molecule is CC(C)N(C)C(=O)Nc1ccc(OCC(=O)O)cc1. The molecule has 0 bridgehead atoms. The Hall–Kier alpha value is -2.24. The zero-order valence-electron chi connectivity index (χ0n) is 11.2. The highest BCUT2D eigenvalue weighted by molar-refractivity contribution is 5.89. The molecule has 6 heteroatoms. The van der Waals surface area contributed by atoms with Crippen LogP contribution in [0.25, 0.3) is 0 Å². The van der Waals surface area contributed by atoms with Gasteiger partial charge in [0.05, 0.1) is 0 Å². The Labute approximate surface area is 112 Å². The number of ether oxygens (including phenoxy) is 1. The maximum Gasteiger partial charge on any atom is 0.341 e. The van der Waals surface area contributed by atoms with Crippen LogP contribution in [0.15, 0.2) is 24.3 Å². The molecule has 0 heterocycles. The molecule has 0 saturated heterocycles. The molecule has 1 aromatic carbocycles. The third-order valence-electron chi connectivity index (χ3n) is 2.56. The van der Waals surface area contributed by atoms with Crippen LogP contribution in [-0.4, -0.2) is 41.7 Å². The molecule has 0 fully saturated rings. The van der Waals surface area contributed by atoms with E-state index in [2.05, 4.69) is 5.32 Å². The minimum absolute atomic E-state index is 0.109. The van der Waals surface area contributed by atoms with Gasteiger partial charge in [-0.25, -0.2) is 9.59 Å². The molecule has 104 valence electrons. The van der Waals surface area contributed by atoms with E-state index in [1.165, 1.54) is 0 Å². The van der Waals surface area contributed by atoms with Gasteiger partial charge in [0.25, 0.3) is 0 Å². The molecule has 0 radical (unpaired) electrons. The van der Waals surface area contributed by atoms with E-state index in [-0.39, 0.29) is 18.7 Å². The summed E-state index contributed by atoms with van der Waals surface area (Å²) in [6, 6.07) is 6.43. The van der Waals surface area contributed by atoms with E-state index in [4.69, 9.17) is 9.84 Å². The molecule has 0 aromatic heterocycles. The number of carbonyl (C=O) groups excluding carboxylic acids is 1. The molecule has 19 heavy (non-hydrogen) atoms. The van der Waals surface area contributed by atoms with E-state index in [0.717, 1.165) is 0 Å². The van der Waals surface area contributed by atoms with Gasteiger partial charge in [-0.15, -0.1) is 0 Å². The van der Waals surface area contributed by atoms with Gasteiger partial charge in [0, 0.05) is 18.8 Å². The van der Waals surface area contributed by atoms with Gasteiger partial charge < -0.3 is 20.1 Å². The lowest BCUT2D eigenvalue weighted by Gasteiger charge is -2.21. The fourth-order valence-electron chi connectivity index (χ4n) is 1.23. The highest BCUT2D eigenvalue weighted by Crippen LogP contribution is 2.16. The van der Waals surface area contributed by atoms with E-state index in [0.29, 0.717) is 11.4 Å². The topological polar surface area (TPSA) is 78.9 Å². The van der Waals surface area contributed by atoms with Crippen molar-refractivity contribution in [3.8, 4) is 5.75 Å². The number of hydrogen-bond acceptors (Lipinski definition) is 3. The largest absolute Gasteiger partial charge is 0.482 e. The Bertz CT molecular complexity index is 442. The maximum absolute atomic E-state index is 11.8. The number of benzene rings is 1. The number of hydrogen-bond donors (Lipinski definition) is 2. The molecule has 1 rings (SSSR count). The third kappa shape index (κ3) is 4.87. The number of nitrogens with one attached hydrogen (secondary N) is 1. The standard InChI is InChI=1S/C13H18N2O4/c1-9(2)15(3)13(18)14-10-4-6-11(7-5-10)19-8-12(16)17/h4-7,9H,8H2,1-3H3,(H,14,18)(H,16,17). The predicted octanol–water partition coefficient (Wildman–Crippen LogP) is 2.02. The van der Waals surface area contributed by atoms with Gasteiger partial charge in [-0.1, -0.05) is 0 Å². The van der Waals surface area contributed by atoms with E-state index < -0.39 is 5.97 Å². The first-order valence-electron chi connectivity index (χ1n) is 5.88. The summed E-state index contributed by atoms with van der Waals surface area (Å²) in [5.74, 6) is -0.589. The number of nitrogens with zero attached hydrogens (tertiary/aromatic N) is 1. The average molecular weight is 266 g/mol. The predicted molar refractivity (Wildman–Crippen MR) is 71.5 cm³/mol. The van der Waals surface area contributed by atoms with Crippen molar-refractivity contribution in [2.45, 2.75) is 19.9 Å². The molecular weight excluding hydrogens is 248 g/mol. The summed E-state index contributed by atoms with van der Waals surface area (Å²) in [6.45, 7) is 3.45. The molecule has 6 nitrogen and oxygen atoms in total. The summed E-state index contributed by atoms with van der Waals surface area (Å²) < 4.78 is 4.99. The molecule has 0 saturated carbocycles. The molecule has 0 atom stereocenters. The van der Waals surface area contributed by atoms with Crippen molar-refractivity contribution in [3.63, 3.8) is 0 Å². The molecule has 0 aliphatic carbocycles. The van der Waals surface area contributed by atoms with Crippen LogP contribution in [0.5, 0.6) is 5.75 Å². The van der Waals surface area contributed by atoms with Crippen molar-refractivity contribution in [3.05, 3.63) is 24.3 Å². The number of carbonyl (C=O) groups is 2. The minimum Gasteiger partial charge on any atom is -0.482 e. The number of urea groups is 1. The van der Waals surface area contributed by atoms with Gasteiger partial charge in [0.1, 0.15) is 5.75 Å². The lowest BCUT2D eigenvalue weighted by molar-refractivity contribution is -0.139. The van der Waals surface area contributed by atoms with Gasteiger partial charge in [0.15, 0.2) is 6.61 Å². The Morgan fingerprint density at radius 3 is 2.37 bits per heavy atom. The molecule has 2 amide bonds. The second-order valence-electron chi connectivity index (χ2n) is 4.34. The minimum atomic E-state index is -1.03. The molecule has 2 N–H and O–H groups in total. The van der Waals surface area contributed by atoms with Gasteiger partial charge in [0.2, 0.25) is 0 Å². The quantitative estimate of drug-likeness (QED) is 0.854. The van der Waals surface area contributed by atoms with Crippen molar-refractivity contribution < 1.29 is 19.4 Å². The van der Waals surface area contributed by atoms with Crippen LogP contribution < -0.4 is 10.1 Å². The first-order chi connectivity index (χ1) is 8.90. The Kier molecular flexibility index (Phi) is 5.17. The second-order valence-corrected chi connectivity index (χ2v) is 4.34. The number of carboxylic acids is 1. The monoisotopic (exact) mass is 266 g/mol. The average Bonchev–Trinajstić information content (AvgIpc) is 2.36. The van der Waals surface area contributed by atoms with Crippen molar-refractivity contribution in [1.29, 1.82) is 0 Å². The van der Waals surface area contributed by atoms with Crippen LogP contribution in [-0.2, 0) is 4.79 Å². The highest BCUT2D eigenvalue weighted by atomic mass is 16.5. The molecule has 0 unspecified atom stereocenters. The van der Waals surface area contributed by atoms with Crippen molar-refractivity contribution >= 4 is 17.7 Å². The zero-order valence-corrected chi connectivity index (χ0v) is 11.2. The lowest BCUT2D eigenvalue weighted by Crippen LogP contribution is -2.36. The first-order valence-corrected chi connectivity index (χ1v) is 5.88. The van der Waals surface area contributed by atoms with E-state index in [1.807, 2.05) is 13.8 Å². The number of anilines is 1. The van der Waals surface area contributed by atoms with Crippen molar-refractivity contribution in [2.24, 2.45) is 0 Å². The van der Waals surface area contributed by atoms with Crippen LogP contribution in [0, 0.1) is 0 Å². The Morgan fingerprint density at radius 1 is 1.32 bits per heavy atom. The number of carboxylic acid groups (broad SMARTS) is 1. The first kappa shape index (κ1) is 14.8. The fourth-order valence-corrected chi connectivity index (χ4v) is 1.23. The van der Waals surface area contributed by atoms with Crippen LogP contribution >= 0.6 is 0 Å². The van der Waals surface area contributed by atoms with Gasteiger partial charge in [-0.05, 0) is 38.1 Å². The van der Waals surface area contributed by atoms with Crippen molar-refractivity contribution in [2.75, 3.05) is 19.0 Å². The fraction of sp³-hybridized carbons (Fsp3) is 0.385. The van der Waals surface area contributed by atoms with Crippen LogP contribution in [0.4, 0.5) is 10.5 Å². The zero-order chi connectivity index (χ0) is 14.4. The van der Waals surface area contributed by atoms with Crippen LogP contribution in [0.3, 0.4) is 0 Å². The van der Waals surface area contributed by atoms with Gasteiger partial charge in [-0.2, -0.15) is 0 Å². The molecule has 0 aliphatic rings. The van der Waals surface area contributed by atoms with Crippen molar-refractivity contribution in [1.82, 2.24) is 4.90 Å². The number of amides is 2. The summed E-state index contributed by atoms with van der Waals surface area (Å²) in [7, 11) is 1.71. The number of rotatable bonds is 5. The highest BCUT2D eigenvalue weighted by Gasteiger charge is 2.11. The van der Waals surface area contributed by atoms with Gasteiger partial charge in [-0.3, -0.25) is 0 Å². The molecule has 0 spiro atoms. The lowest BCUT2D eigenvalue weighted by atomic mass is 10.3. The molecular formula is C13H18N2O4. The summed E-state index contributed by atoms with van der Waals surface area (Å²) in [5, 5.41) is 11.2. The summed E-state index contributed by atoms with van der Waals surface area (Å²) >= 11 is 0. The summed E-state index contributed by atoms with van der Waals surface area (Å²) in [5.41, 5.74) is 0.625. The molecule has 1 aromatic rings. The normalized spacial score (nSPS) is 10.1. The van der Waals surface area contributed by atoms with E-state index >= 15 is 0 Å². The summed E-state index contributed by atoms with van der Waals surface area (Å²) in [4.78, 5) is 23.7. The Balaban J connectivity index is 2.57. The Morgan fingerprint density at radius 2 is 1.89 bits per heavy atom. The smallest absolute Gasteiger partial charge is 0.341 e. The van der Waals surface area contributed by atoms with E-state index in [1.54, 1.807) is 36.2 Å². The maximum atomic E-state index is 11.8. The van der Waals surface area contributed by atoms with Gasteiger partial charge >= 0.3 is 12.0 Å². The third-order valence-corrected chi connectivity index (χ3v) is 2.56. The van der Waals surface area contributed by atoms with Crippen LogP contribution in [0.1, 0.15) is 13.8 Å². The second kappa shape index (κ2) is 6.63. The number of aliphatic carboxylic acids is 1. The summed E-state index contributed by atoms with van der Waals surface area (Å²) in [6.07, 6.45) is 0.